The Bertz CT molecular complexity index is 570. The van der Waals surface area contributed by atoms with E-state index in [9.17, 15) is 13.6 Å². The Kier molecular flexibility index (Phi) is 2.51. The van der Waals surface area contributed by atoms with E-state index in [0.29, 0.717) is 10.4 Å². The van der Waals surface area contributed by atoms with Gasteiger partial charge in [0, 0.05) is 17.9 Å². The average Bonchev–Trinajstić information content (AvgIpc) is 2.15. The van der Waals surface area contributed by atoms with Crippen molar-refractivity contribution in [2.75, 3.05) is 6.26 Å². The van der Waals surface area contributed by atoms with Gasteiger partial charge in [0.2, 0.25) is 0 Å². The third-order valence-electron chi connectivity index (χ3n) is 2.17. The highest BCUT2D eigenvalue weighted by Gasteiger charge is 2.22. The largest absolute Gasteiger partial charge is 0.691 e. The molecule has 1 aliphatic rings. The molecule has 1 aromatic carbocycles. The fourth-order valence-electron chi connectivity index (χ4n) is 1.39. The Morgan fingerprint density at radius 1 is 1.56 bits per heavy atom. The summed E-state index contributed by atoms with van der Waals surface area (Å²) in [6, 6.07) is 4.30. The maximum atomic E-state index is 11.4. The quantitative estimate of drug-likeness (QED) is 0.437. The zero-order chi connectivity index (χ0) is 11.9. The lowest BCUT2D eigenvalue weighted by Crippen LogP contribution is -2.15. The minimum atomic E-state index is -3.33. The molecule has 0 saturated carbocycles. The molecule has 0 spiro atoms. The number of hydrogen-bond donors (Lipinski definition) is 0. The third-order valence-corrected chi connectivity index (χ3v) is 3.47. The molecule has 2 rings (SSSR count). The molecule has 0 radical (unpaired) electrons. The lowest BCUT2D eigenvalue weighted by Gasteiger charge is -2.17. The van der Waals surface area contributed by atoms with Crippen molar-refractivity contribution in [2.24, 2.45) is 5.22 Å². The van der Waals surface area contributed by atoms with Gasteiger partial charge in [0.1, 0.15) is 5.22 Å². The summed E-state index contributed by atoms with van der Waals surface area (Å²) >= 11 is 5.58. The van der Waals surface area contributed by atoms with Crippen molar-refractivity contribution in [1.82, 2.24) is 4.53 Å². The molecule has 0 aromatic heterocycles. The molecule has 0 saturated heterocycles. The Labute approximate surface area is 97.3 Å². The van der Waals surface area contributed by atoms with E-state index in [1.807, 2.05) is 0 Å². The Morgan fingerprint density at radius 2 is 2.25 bits per heavy atom. The second kappa shape index (κ2) is 3.60. The molecular weight excluding hydrogens is 254 g/mol. The van der Waals surface area contributed by atoms with Crippen LogP contribution in [0.25, 0.3) is 0 Å². The van der Waals surface area contributed by atoms with Gasteiger partial charge in [-0.15, -0.1) is 4.86 Å². The highest BCUT2D eigenvalue weighted by Crippen LogP contribution is 2.28. The molecule has 6 nitrogen and oxygen atoms in total. The lowest BCUT2D eigenvalue weighted by molar-refractivity contribution is -0.463. The predicted octanol–water partition coefficient (Wildman–Crippen LogP) is 1.57. The number of nitrogens with zero attached hydrogens (tertiary/aromatic N) is 3. The summed E-state index contributed by atoms with van der Waals surface area (Å²) in [7, 11) is -3.33. The Hall–Kier alpha value is -1.34. The van der Waals surface area contributed by atoms with Crippen molar-refractivity contribution in [2.45, 2.75) is 11.4 Å². The SMILES string of the molecule is CS(=O)(=O)c1ccc2c(c1)[N+]([O-])=NN(Cl)C2. The van der Waals surface area contributed by atoms with Gasteiger partial charge in [-0.25, -0.2) is 8.42 Å². The summed E-state index contributed by atoms with van der Waals surface area (Å²) in [4.78, 5) is 0.394. The van der Waals surface area contributed by atoms with Crippen LogP contribution in [0.15, 0.2) is 28.3 Å². The highest BCUT2D eigenvalue weighted by atomic mass is 35.5. The van der Waals surface area contributed by atoms with Crippen molar-refractivity contribution in [3.63, 3.8) is 0 Å². The maximum Gasteiger partial charge on any atom is 0.175 e. The van der Waals surface area contributed by atoms with Crippen LogP contribution in [0.3, 0.4) is 0 Å². The molecule has 1 heterocycles. The van der Waals surface area contributed by atoms with Crippen LogP contribution in [-0.4, -0.2) is 24.1 Å². The molecule has 8 heteroatoms. The van der Waals surface area contributed by atoms with Crippen LogP contribution in [-0.2, 0) is 16.4 Å². The van der Waals surface area contributed by atoms with Gasteiger partial charge in [-0.2, -0.15) is 0 Å². The Balaban J connectivity index is 2.58. The van der Waals surface area contributed by atoms with Crippen molar-refractivity contribution in [3.8, 4) is 0 Å². The van der Waals surface area contributed by atoms with Crippen LogP contribution < -0.4 is 0 Å². The first-order chi connectivity index (χ1) is 7.38. The van der Waals surface area contributed by atoms with Crippen molar-refractivity contribution >= 4 is 27.3 Å². The second-order valence-corrected chi connectivity index (χ2v) is 5.83. The lowest BCUT2D eigenvalue weighted by atomic mass is 10.2. The van der Waals surface area contributed by atoms with E-state index >= 15 is 0 Å². The van der Waals surface area contributed by atoms with Gasteiger partial charge in [-0.1, -0.05) is 4.53 Å². The van der Waals surface area contributed by atoms with Crippen molar-refractivity contribution in [1.29, 1.82) is 0 Å². The standard InChI is InChI=1S/C8H8ClN3O3S/c1-16(14,15)7-3-2-6-5-11(9)10-12(13)8(6)4-7/h2-4H,5H2,1H3. The fraction of sp³-hybridized carbons (Fsp3) is 0.250. The minimum absolute atomic E-state index is 0.0883. The highest BCUT2D eigenvalue weighted by molar-refractivity contribution is 7.90. The van der Waals surface area contributed by atoms with Gasteiger partial charge < -0.3 is 5.21 Å². The van der Waals surface area contributed by atoms with Gasteiger partial charge in [0.05, 0.1) is 4.90 Å². The smallest absolute Gasteiger partial charge is 0.175 e. The van der Waals surface area contributed by atoms with E-state index in [4.69, 9.17) is 11.8 Å². The maximum absolute atomic E-state index is 11.4. The predicted molar refractivity (Wildman–Crippen MR) is 56.7 cm³/mol. The van der Waals surface area contributed by atoms with E-state index in [1.54, 1.807) is 6.07 Å². The molecule has 0 amide bonds. The molecule has 1 aromatic rings. The summed E-state index contributed by atoms with van der Waals surface area (Å²) in [6.07, 6.45) is 1.08. The molecule has 0 atom stereocenters. The van der Waals surface area contributed by atoms with Gasteiger partial charge in [-0.3, -0.25) is 0 Å². The normalized spacial score (nSPS) is 15.6. The summed E-state index contributed by atoms with van der Waals surface area (Å²) in [5.74, 6) is 0. The summed E-state index contributed by atoms with van der Waals surface area (Å²) in [5, 5.41) is 14.8. The van der Waals surface area contributed by atoms with Crippen LogP contribution in [0, 0.1) is 5.21 Å². The zero-order valence-electron chi connectivity index (χ0n) is 8.29. The summed E-state index contributed by atoms with van der Waals surface area (Å²) < 4.78 is 23.6. The topological polar surface area (TPSA) is 75.8 Å². The summed E-state index contributed by atoms with van der Waals surface area (Å²) in [6.45, 7) is 0.264. The van der Waals surface area contributed by atoms with E-state index in [1.165, 1.54) is 12.1 Å². The molecular formula is C8H8ClN3O3S. The Morgan fingerprint density at radius 3 is 2.88 bits per heavy atom. The first-order valence-electron chi connectivity index (χ1n) is 4.33. The monoisotopic (exact) mass is 261 g/mol. The van der Waals surface area contributed by atoms with Crippen LogP contribution in [0.5, 0.6) is 0 Å². The molecule has 0 bridgehead atoms. The van der Waals surface area contributed by atoms with Crippen molar-refractivity contribution < 1.29 is 13.3 Å². The number of fused-ring (bicyclic) bond motifs is 1. The number of hydrogen-bond acceptors (Lipinski definition) is 5. The number of sulfone groups is 1. The van der Waals surface area contributed by atoms with E-state index in [-0.39, 0.29) is 17.1 Å². The molecule has 1 aliphatic heterocycles. The van der Waals surface area contributed by atoms with Gasteiger partial charge in [0.15, 0.2) is 33.8 Å². The second-order valence-electron chi connectivity index (χ2n) is 3.42. The van der Waals surface area contributed by atoms with E-state index in [2.05, 4.69) is 5.22 Å². The van der Waals surface area contributed by atoms with Crippen molar-refractivity contribution in [3.05, 3.63) is 29.0 Å². The number of rotatable bonds is 1. The van der Waals surface area contributed by atoms with Crippen LogP contribution in [0.1, 0.15) is 5.56 Å². The van der Waals surface area contributed by atoms with E-state index < -0.39 is 9.84 Å². The van der Waals surface area contributed by atoms with Gasteiger partial charge in [-0.05, 0) is 12.1 Å². The average molecular weight is 262 g/mol. The first kappa shape index (κ1) is 11.2. The van der Waals surface area contributed by atoms with E-state index in [0.717, 1.165) is 10.8 Å². The molecule has 86 valence electrons. The zero-order valence-corrected chi connectivity index (χ0v) is 9.86. The van der Waals surface area contributed by atoms with Gasteiger partial charge in [0.25, 0.3) is 0 Å². The number of halogens is 1. The van der Waals surface area contributed by atoms with Crippen LogP contribution in [0.4, 0.5) is 5.69 Å². The molecule has 0 aliphatic carbocycles. The van der Waals surface area contributed by atoms with Crippen LogP contribution >= 0.6 is 11.8 Å². The summed E-state index contributed by atoms with van der Waals surface area (Å²) in [5.41, 5.74) is 0.840. The minimum Gasteiger partial charge on any atom is -0.691 e. The molecule has 0 unspecified atom stereocenters. The molecule has 0 N–H and O–H groups in total. The molecule has 0 fully saturated rings. The third kappa shape index (κ3) is 1.96. The first-order valence-corrected chi connectivity index (χ1v) is 6.56. The molecule has 16 heavy (non-hydrogen) atoms. The van der Waals surface area contributed by atoms with Gasteiger partial charge >= 0.3 is 0 Å². The number of benzene rings is 1. The fourth-order valence-corrected chi connectivity index (χ4v) is 2.23. The van der Waals surface area contributed by atoms with Crippen LogP contribution in [0.2, 0.25) is 0 Å².